The van der Waals surface area contributed by atoms with Crippen LogP contribution in [-0.2, 0) is 0 Å². The molecule has 1 unspecified atom stereocenters. The van der Waals surface area contributed by atoms with Gasteiger partial charge in [-0.05, 0) is 64.2 Å². The molecule has 2 rings (SSSR count). The molecule has 2 N–H and O–H groups in total. The molecule has 1 nitrogen and oxygen atoms in total. The monoisotopic (exact) mass is 307 g/mol. The molecular weight excluding hydrogens is 293 g/mol. The SMILES string of the molecule is Cc1ccc(C(N)c2ccc(Br)c(F)c2)cc1C. The average Bonchev–Trinajstić information content (AvgIpc) is 2.35. The van der Waals surface area contributed by atoms with Crippen LogP contribution in [0.25, 0.3) is 0 Å². The lowest BCUT2D eigenvalue weighted by molar-refractivity contribution is 0.617. The van der Waals surface area contributed by atoms with Crippen LogP contribution in [0, 0.1) is 19.7 Å². The number of hydrogen-bond acceptors (Lipinski definition) is 1. The standard InChI is InChI=1S/C15H15BrFN/c1-9-3-4-11(7-10(9)2)15(18)12-5-6-13(16)14(17)8-12/h3-8,15H,18H2,1-2H3. The minimum absolute atomic E-state index is 0.285. The van der Waals surface area contributed by atoms with Crippen molar-refractivity contribution in [2.45, 2.75) is 19.9 Å². The smallest absolute Gasteiger partial charge is 0.137 e. The largest absolute Gasteiger partial charge is 0.320 e. The molecule has 1 atom stereocenters. The second kappa shape index (κ2) is 5.21. The number of hydrogen-bond donors (Lipinski definition) is 1. The molecule has 2 aromatic carbocycles. The van der Waals surface area contributed by atoms with Crippen LogP contribution in [-0.4, -0.2) is 0 Å². The summed E-state index contributed by atoms with van der Waals surface area (Å²) in [6.07, 6.45) is 0. The molecule has 18 heavy (non-hydrogen) atoms. The van der Waals surface area contributed by atoms with Gasteiger partial charge >= 0.3 is 0 Å². The fraction of sp³-hybridized carbons (Fsp3) is 0.200. The van der Waals surface area contributed by atoms with Gasteiger partial charge in [0.15, 0.2) is 0 Å². The van der Waals surface area contributed by atoms with E-state index < -0.39 is 0 Å². The van der Waals surface area contributed by atoms with Crippen LogP contribution in [0.15, 0.2) is 40.9 Å². The van der Waals surface area contributed by atoms with Crippen molar-refractivity contribution < 1.29 is 4.39 Å². The Morgan fingerprint density at radius 3 is 2.22 bits per heavy atom. The molecule has 0 bridgehead atoms. The van der Waals surface area contributed by atoms with E-state index in [0.717, 1.165) is 11.1 Å². The van der Waals surface area contributed by atoms with Crippen LogP contribution in [0.2, 0.25) is 0 Å². The first-order valence-electron chi connectivity index (χ1n) is 5.76. The molecule has 0 spiro atoms. The lowest BCUT2D eigenvalue weighted by atomic mass is 9.96. The summed E-state index contributed by atoms with van der Waals surface area (Å²) in [4.78, 5) is 0. The van der Waals surface area contributed by atoms with Gasteiger partial charge in [0.1, 0.15) is 5.82 Å². The van der Waals surface area contributed by atoms with Crippen molar-refractivity contribution in [1.29, 1.82) is 0 Å². The van der Waals surface area contributed by atoms with E-state index in [4.69, 9.17) is 5.73 Å². The van der Waals surface area contributed by atoms with Crippen molar-refractivity contribution in [1.82, 2.24) is 0 Å². The molecule has 0 saturated carbocycles. The molecule has 2 aromatic rings. The minimum atomic E-state index is -0.299. The molecule has 0 aliphatic rings. The van der Waals surface area contributed by atoms with Gasteiger partial charge in [0.25, 0.3) is 0 Å². The zero-order chi connectivity index (χ0) is 13.3. The molecule has 0 amide bonds. The lowest BCUT2D eigenvalue weighted by Crippen LogP contribution is -2.12. The van der Waals surface area contributed by atoms with E-state index in [0.29, 0.717) is 4.47 Å². The van der Waals surface area contributed by atoms with E-state index in [-0.39, 0.29) is 11.9 Å². The van der Waals surface area contributed by atoms with Crippen molar-refractivity contribution in [2.24, 2.45) is 5.73 Å². The van der Waals surface area contributed by atoms with Crippen molar-refractivity contribution in [3.05, 3.63) is 68.9 Å². The Kier molecular flexibility index (Phi) is 3.83. The summed E-state index contributed by atoms with van der Waals surface area (Å²) in [6.45, 7) is 4.11. The van der Waals surface area contributed by atoms with Gasteiger partial charge in [-0.25, -0.2) is 4.39 Å². The van der Waals surface area contributed by atoms with Crippen LogP contribution in [0.5, 0.6) is 0 Å². The van der Waals surface area contributed by atoms with E-state index >= 15 is 0 Å². The Hall–Kier alpha value is -1.19. The van der Waals surface area contributed by atoms with E-state index in [1.807, 2.05) is 25.1 Å². The second-order valence-electron chi connectivity index (χ2n) is 4.49. The van der Waals surface area contributed by atoms with Gasteiger partial charge < -0.3 is 5.73 Å². The van der Waals surface area contributed by atoms with Crippen molar-refractivity contribution in [3.8, 4) is 0 Å². The van der Waals surface area contributed by atoms with Crippen molar-refractivity contribution in [3.63, 3.8) is 0 Å². The third-order valence-electron chi connectivity index (χ3n) is 3.19. The Labute approximate surface area is 115 Å². The van der Waals surface area contributed by atoms with Gasteiger partial charge in [-0.2, -0.15) is 0 Å². The van der Waals surface area contributed by atoms with E-state index in [1.165, 1.54) is 17.2 Å². The van der Waals surface area contributed by atoms with Gasteiger partial charge in [-0.1, -0.05) is 24.3 Å². The number of benzene rings is 2. The second-order valence-corrected chi connectivity index (χ2v) is 5.35. The summed E-state index contributed by atoms with van der Waals surface area (Å²) in [6, 6.07) is 10.8. The first-order chi connectivity index (χ1) is 8.49. The Bertz CT molecular complexity index is 529. The number of nitrogens with two attached hydrogens (primary N) is 1. The zero-order valence-corrected chi connectivity index (χ0v) is 12.0. The summed E-state index contributed by atoms with van der Waals surface area (Å²) in [5, 5.41) is 0. The molecule has 0 aromatic heterocycles. The van der Waals surface area contributed by atoms with Crippen molar-refractivity contribution in [2.75, 3.05) is 0 Å². The molecule has 0 aliphatic carbocycles. The molecule has 0 heterocycles. The maximum atomic E-state index is 13.5. The summed E-state index contributed by atoms with van der Waals surface area (Å²) < 4.78 is 14.0. The summed E-state index contributed by atoms with van der Waals surface area (Å²) in [7, 11) is 0. The number of aryl methyl sites for hydroxylation is 2. The molecular formula is C15H15BrFN. The highest BCUT2D eigenvalue weighted by Gasteiger charge is 2.11. The molecule has 0 saturated heterocycles. The van der Waals surface area contributed by atoms with E-state index in [1.54, 1.807) is 6.07 Å². The van der Waals surface area contributed by atoms with Crippen LogP contribution in [0.1, 0.15) is 28.3 Å². The molecule has 3 heteroatoms. The molecule has 0 radical (unpaired) electrons. The average molecular weight is 308 g/mol. The predicted octanol–water partition coefficient (Wildman–Crippen LogP) is 4.25. The fourth-order valence-electron chi connectivity index (χ4n) is 1.86. The van der Waals surface area contributed by atoms with Crippen LogP contribution < -0.4 is 5.73 Å². The highest BCUT2D eigenvalue weighted by molar-refractivity contribution is 9.10. The minimum Gasteiger partial charge on any atom is -0.320 e. The summed E-state index contributed by atoms with van der Waals surface area (Å²) in [5.41, 5.74) is 10.4. The Morgan fingerprint density at radius 2 is 1.61 bits per heavy atom. The summed E-state index contributed by atoms with van der Waals surface area (Å²) in [5.74, 6) is -0.285. The van der Waals surface area contributed by atoms with Gasteiger partial charge in [-0.3, -0.25) is 0 Å². The third kappa shape index (κ3) is 2.62. The Morgan fingerprint density at radius 1 is 1.00 bits per heavy atom. The maximum Gasteiger partial charge on any atom is 0.137 e. The van der Waals surface area contributed by atoms with Gasteiger partial charge in [-0.15, -0.1) is 0 Å². The maximum absolute atomic E-state index is 13.5. The fourth-order valence-corrected chi connectivity index (χ4v) is 2.10. The molecule has 0 aliphatic heterocycles. The topological polar surface area (TPSA) is 26.0 Å². The number of halogens is 2. The van der Waals surface area contributed by atoms with Crippen molar-refractivity contribution >= 4 is 15.9 Å². The van der Waals surface area contributed by atoms with Gasteiger partial charge in [0.2, 0.25) is 0 Å². The first-order valence-corrected chi connectivity index (χ1v) is 6.56. The van der Waals surface area contributed by atoms with E-state index in [2.05, 4.69) is 28.9 Å². The summed E-state index contributed by atoms with van der Waals surface area (Å²) >= 11 is 3.14. The van der Waals surface area contributed by atoms with Crippen LogP contribution >= 0.6 is 15.9 Å². The van der Waals surface area contributed by atoms with Crippen LogP contribution in [0.3, 0.4) is 0 Å². The predicted molar refractivity (Wildman–Crippen MR) is 76.0 cm³/mol. The lowest BCUT2D eigenvalue weighted by Gasteiger charge is -2.14. The van der Waals surface area contributed by atoms with Crippen LogP contribution in [0.4, 0.5) is 4.39 Å². The molecule has 94 valence electrons. The normalized spacial score (nSPS) is 12.5. The van der Waals surface area contributed by atoms with Gasteiger partial charge in [0.05, 0.1) is 10.5 Å². The Balaban J connectivity index is 2.37. The quantitative estimate of drug-likeness (QED) is 0.881. The molecule has 0 fully saturated rings. The highest BCUT2D eigenvalue weighted by Crippen LogP contribution is 2.25. The first kappa shape index (κ1) is 13.2. The highest BCUT2D eigenvalue weighted by atomic mass is 79.9. The van der Waals surface area contributed by atoms with E-state index in [9.17, 15) is 4.39 Å². The third-order valence-corrected chi connectivity index (χ3v) is 3.84. The zero-order valence-electron chi connectivity index (χ0n) is 10.4. The van der Waals surface area contributed by atoms with Gasteiger partial charge in [0, 0.05) is 0 Å². The number of rotatable bonds is 2.